The molecule has 0 bridgehead atoms. The fourth-order valence-corrected chi connectivity index (χ4v) is 2.66. The Labute approximate surface area is 171 Å². The maximum Gasteiger partial charge on any atom is 0.144 e. The van der Waals surface area contributed by atoms with Crippen LogP contribution in [0.2, 0.25) is 0 Å². The Balaban J connectivity index is 0.000000135. The van der Waals surface area contributed by atoms with Crippen LogP contribution in [0.15, 0.2) is 138 Å². The number of hydrogen-bond donors (Lipinski definition) is 0. The van der Waals surface area contributed by atoms with Crippen molar-refractivity contribution in [2.45, 2.75) is 0 Å². The van der Waals surface area contributed by atoms with Gasteiger partial charge in [-0.1, -0.05) is 121 Å². The van der Waals surface area contributed by atoms with Crippen molar-refractivity contribution in [3.63, 3.8) is 0 Å². The van der Waals surface area contributed by atoms with Gasteiger partial charge in [0.25, 0.3) is 0 Å². The largest absolute Gasteiger partial charge is 0.346 e. The van der Waals surface area contributed by atoms with E-state index >= 15 is 0 Å². The van der Waals surface area contributed by atoms with E-state index in [4.69, 9.17) is 0 Å². The number of aromatic nitrogens is 2. The molecular weight excluding hydrogens is 356 g/mol. The van der Waals surface area contributed by atoms with E-state index in [1.807, 2.05) is 24.3 Å². The molecule has 0 amide bonds. The zero-order valence-corrected chi connectivity index (χ0v) is 16.0. The molecule has 0 saturated heterocycles. The summed E-state index contributed by atoms with van der Waals surface area (Å²) >= 11 is 0. The molecule has 0 aliphatic carbocycles. The predicted octanol–water partition coefficient (Wildman–Crippen LogP) is 6.78. The summed E-state index contributed by atoms with van der Waals surface area (Å²) in [4.78, 5) is 0. The summed E-state index contributed by atoms with van der Waals surface area (Å²) in [5, 5.41) is 6.40. The van der Waals surface area contributed by atoms with Crippen LogP contribution in [0.5, 0.6) is 0 Å². The van der Waals surface area contributed by atoms with Crippen LogP contribution >= 0.6 is 0 Å². The fraction of sp³-hybridized carbons (Fsp3) is 0. The van der Waals surface area contributed by atoms with Gasteiger partial charge < -0.3 is 4.52 Å². The summed E-state index contributed by atoms with van der Waals surface area (Å²) in [7, 11) is 0. The van der Waals surface area contributed by atoms with Gasteiger partial charge in [0.2, 0.25) is 0 Å². The molecule has 0 atom stereocenters. The van der Waals surface area contributed by atoms with Crippen molar-refractivity contribution in [2.75, 3.05) is 0 Å². The van der Waals surface area contributed by atoms with Crippen LogP contribution in [0.4, 0.5) is 0 Å². The third-order valence-corrected chi connectivity index (χ3v) is 4.04. The van der Waals surface area contributed by atoms with E-state index in [1.54, 1.807) is 0 Å². The van der Waals surface area contributed by atoms with Gasteiger partial charge in [0, 0.05) is 5.27 Å². The zero-order chi connectivity index (χ0) is 20.0. The molecule has 0 fully saturated rings. The maximum atomic E-state index is 4.22. The summed E-state index contributed by atoms with van der Waals surface area (Å²) in [5.41, 5.74) is 5.10. The summed E-state index contributed by atoms with van der Waals surface area (Å²) in [5.74, 6) is 0. The smallest absolute Gasteiger partial charge is 0.144 e. The highest BCUT2D eigenvalue weighted by molar-refractivity contribution is 5.63. The molecule has 0 radical (unpaired) electrons. The van der Waals surface area contributed by atoms with Gasteiger partial charge >= 0.3 is 0 Å². The molecule has 1 aromatic heterocycles. The van der Waals surface area contributed by atoms with Crippen LogP contribution in [-0.2, 0) is 0 Å². The third kappa shape index (κ3) is 6.92. The molecule has 0 spiro atoms. The highest BCUT2D eigenvalue weighted by atomic mass is 16.5. The molecule has 0 aliphatic rings. The summed E-state index contributed by atoms with van der Waals surface area (Å²) in [6, 6.07) is 41.6. The zero-order valence-electron chi connectivity index (χ0n) is 16.0. The number of rotatable bonds is 2. The van der Waals surface area contributed by atoms with Gasteiger partial charge in [-0.25, -0.2) is 0 Å². The lowest BCUT2D eigenvalue weighted by Gasteiger charge is -1.98. The van der Waals surface area contributed by atoms with Crippen LogP contribution < -0.4 is 0 Å². The Kier molecular flexibility index (Phi) is 7.96. The van der Waals surface area contributed by atoms with E-state index in [1.165, 1.54) is 34.7 Å². The minimum atomic E-state index is 1.28. The molecule has 0 N–H and O–H groups in total. The number of hydrogen-bond acceptors (Lipinski definition) is 3. The van der Waals surface area contributed by atoms with Crippen molar-refractivity contribution in [2.24, 2.45) is 0 Å². The molecule has 5 rings (SSSR count). The van der Waals surface area contributed by atoms with Gasteiger partial charge in [0.1, 0.15) is 6.26 Å². The number of nitrogens with zero attached hydrogens (tertiary/aromatic N) is 2. The van der Waals surface area contributed by atoms with E-state index in [9.17, 15) is 0 Å². The highest BCUT2D eigenvalue weighted by Crippen LogP contribution is 2.18. The number of benzene rings is 4. The van der Waals surface area contributed by atoms with Crippen LogP contribution in [0.1, 0.15) is 0 Å². The maximum absolute atomic E-state index is 4.22. The van der Waals surface area contributed by atoms with Crippen molar-refractivity contribution < 1.29 is 4.52 Å². The first-order chi connectivity index (χ1) is 14.4. The topological polar surface area (TPSA) is 38.9 Å². The quantitative estimate of drug-likeness (QED) is 0.340. The van der Waals surface area contributed by atoms with Gasteiger partial charge in [-0.2, -0.15) is 0 Å². The second kappa shape index (κ2) is 11.7. The first kappa shape index (κ1) is 19.8. The predicted molar refractivity (Wildman–Crippen MR) is 118 cm³/mol. The Bertz CT molecular complexity index is 850. The van der Waals surface area contributed by atoms with Gasteiger partial charge in [-0.15, -0.1) is 5.10 Å². The van der Waals surface area contributed by atoms with Crippen LogP contribution in [-0.4, -0.2) is 10.4 Å². The second-order valence-corrected chi connectivity index (χ2v) is 6.05. The molecule has 1 heterocycles. The molecular formula is C26H22N2O. The van der Waals surface area contributed by atoms with E-state index < -0.39 is 0 Å². The molecule has 5 aromatic rings. The standard InChI is InChI=1S/2C12H10.C2H2N2O/c2*1-3-7-11(8-4-1)12-9-5-2-6-10-12;1-2-5-4-3-1/h2*1-10H;1-2H. The van der Waals surface area contributed by atoms with E-state index in [-0.39, 0.29) is 0 Å². The van der Waals surface area contributed by atoms with Crippen LogP contribution in [0, 0.1) is 0 Å². The molecule has 0 unspecified atom stereocenters. The molecule has 3 nitrogen and oxygen atoms in total. The molecule has 3 heteroatoms. The van der Waals surface area contributed by atoms with Crippen LogP contribution in [0.3, 0.4) is 0 Å². The first-order valence-corrected chi connectivity index (χ1v) is 9.35. The van der Waals surface area contributed by atoms with Gasteiger partial charge in [0.15, 0.2) is 0 Å². The average molecular weight is 378 g/mol. The van der Waals surface area contributed by atoms with Gasteiger partial charge in [-0.05, 0) is 22.3 Å². The van der Waals surface area contributed by atoms with Gasteiger partial charge in [0.05, 0.1) is 6.20 Å². The minimum Gasteiger partial charge on any atom is -0.346 e. The van der Waals surface area contributed by atoms with E-state index in [0.29, 0.717) is 0 Å². The Morgan fingerprint density at radius 2 is 0.724 bits per heavy atom. The minimum absolute atomic E-state index is 1.28. The molecule has 142 valence electrons. The third-order valence-electron chi connectivity index (χ3n) is 4.04. The van der Waals surface area contributed by atoms with Crippen molar-refractivity contribution in [1.82, 2.24) is 10.4 Å². The fourth-order valence-electron chi connectivity index (χ4n) is 2.66. The molecule has 4 aromatic carbocycles. The van der Waals surface area contributed by atoms with Gasteiger partial charge in [-0.3, -0.25) is 0 Å². The molecule has 0 saturated carbocycles. The van der Waals surface area contributed by atoms with Crippen molar-refractivity contribution in [3.8, 4) is 22.3 Å². The summed E-state index contributed by atoms with van der Waals surface area (Å²) in [6.07, 6.45) is 2.88. The Morgan fingerprint density at radius 1 is 0.414 bits per heavy atom. The highest BCUT2D eigenvalue weighted by Gasteiger charge is 1.92. The van der Waals surface area contributed by atoms with Crippen molar-refractivity contribution >= 4 is 0 Å². The monoisotopic (exact) mass is 378 g/mol. The summed E-state index contributed by atoms with van der Waals surface area (Å²) < 4.78 is 4.22. The lowest BCUT2D eigenvalue weighted by molar-refractivity contribution is 0.393. The SMILES string of the molecule is c1ccc(-c2ccccc2)cc1.c1ccc(-c2ccccc2)cc1.c1conn1. The molecule has 0 aliphatic heterocycles. The average Bonchev–Trinajstić information content (AvgIpc) is 3.42. The second-order valence-electron chi connectivity index (χ2n) is 6.05. The molecule has 29 heavy (non-hydrogen) atoms. The van der Waals surface area contributed by atoms with Crippen LogP contribution in [0.25, 0.3) is 22.3 Å². The summed E-state index contributed by atoms with van der Waals surface area (Å²) in [6.45, 7) is 0. The van der Waals surface area contributed by atoms with E-state index in [2.05, 4.69) is 112 Å². The normalized spacial score (nSPS) is 9.38. The van der Waals surface area contributed by atoms with Crippen molar-refractivity contribution in [1.29, 1.82) is 0 Å². The van der Waals surface area contributed by atoms with E-state index in [0.717, 1.165) is 0 Å². The Hall–Kier alpha value is -3.98. The first-order valence-electron chi connectivity index (χ1n) is 9.35. The Morgan fingerprint density at radius 3 is 0.897 bits per heavy atom. The lowest BCUT2D eigenvalue weighted by Crippen LogP contribution is -1.73. The van der Waals surface area contributed by atoms with Crippen molar-refractivity contribution in [3.05, 3.63) is 134 Å². The lowest BCUT2D eigenvalue weighted by atomic mass is 10.1.